The zero-order valence-electron chi connectivity index (χ0n) is 9.96. The Hall–Kier alpha value is -0.850. The number of nitrogens with zero attached hydrogens (tertiary/aromatic N) is 2. The van der Waals surface area contributed by atoms with Crippen LogP contribution in [0.5, 0.6) is 0 Å². The van der Waals surface area contributed by atoms with Gasteiger partial charge in [-0.3, -0.25) is 5.10 Å². The third-order valence-electron chi connectivity index (χ3n) is 2.89. The molecule has 0 unspecified atom stereocenters. The third-order valence-corrected chi connectivity index (χ3v) is 4.75. The third kappa shape index (κ3) is 2.93. The van der Waals surface area contributed by atoms with Crippen LogP contribution in [0.15, 0.2) is 22.7 Å². The summed E-state index contributed by atoms with van der Waals surface area (Å²) in [7, 11) is 0. The molecule has 6 heteroatoms. The van der Waals surface area contributed by atoms with E-state index in [1.54, 1.807) is 23.1 Å². The molecule has 4 nitrogen and oxygen atoms in total. The molecule has 0 aliphatic carbocycles. The maximum absolute atomic E-state index is 5.69. The van der Waals surface area contributed by atoms with E-state index in [2.05, 4.69) is 15.2 Å². The predicted octanol–water partition coefficient (Wildman–Crippen LogP) is 3.19. The average molecular weight is 281 g/mol. The number of thiophene rings is 1. The summed E-state index contributed by atoms with van der Waals surface area (Å²) >= 11 is 3.34. The van der Waals surface area contributed by atoms with Crippen LogP contribution in [-0.2, 0) is 4.74 Å². The molecule has 1 fully saturated rings. The number of thioether (sulfide) groups is 1. The van der Waals surface area contributed by atoms with E-state index < -0.39 is 0 Å². The minimum Gasteiger partial charge on any atom is -0.377 e. The number of rotatable bonds is 4. The minimum absolute atomic E-state index is 0.368. The van der Waals surface area contributed by atoms with E-state index in [1.165, 1.54) is 12.8 Å². The molecule has 0 aromatic carbocycles. The van der Waals surface area contributed by atoms with Crippen molar-refractivity contribution in [2.75, 3.05) is 12.4 Å². The van der Waals surface area contributed by atoms with E-state index >= 15 is 0 Å². The highest BCUT2D eigenvalue weighted by Crippen LogP contribution is 2.25. The molecular formula is C12H15N3OS2. The standard InChI is InChI=1S/C12H15N3OS2/c1-2-6-16-9(4-1)8-18-12-13-11(14-15-12)10-5-3-7-17-10/h3,5,7,9H,1-2,4,6,8H2,(H,13,14,15)/t9-/m1/s1. The Morgan fingerprint density at radius 2 is 2.50 bits per heavy atom. The predicted molar refractivity (Wildman–Crippen MR) is 74.0 cm³/mol. The maximum atomic E-state index is 5.69. The van der Waals surface area contributed by atoms with Crippen molar-refractivity contribution in [1.29, 1.82) is 0 Å². The summed E-state index contributed by atoms with van der Waals surface area (Å²) in [6.07, 6.45) is 4.01. The largest absolute Gasteiger partial charge is 0.377 e. The fraction of sp³-hybridized carbons (Fsp3) is 0.500. The van der Waals surface area contributed by atoms with Gasteiger partial charge in [0.1, 0.15) is 0 Å². The molecule has 0 bridgehead atoms. The van der Waals surface area contributed by atoms with Crippen molar-refractivity contribution in [1.82, 2.24) is 15.2 Å². The van der Waals surface area contributed by atoms with Gasteiger partial charge in [0, 0.05) is 12.4 Å². The molecule has 18 heavy (non-hydrogen) atoms. The van der Waals surface area contributed by atoms with Gasteiger partial charge in [-0.2, -0.15) is 0 Å². The lowest BCUT2D eigenvalue weighted by molar-refractivity contribution is 0.0315. The van der Waals surface area contributed by atoms with Crippen molar-refractivity contribution in [3.8, 4) is 10.7 Å². The highest BCUT2D eigenvalue weighted by atomic mass is 32.2. The summed E-state index contributed by atoms with van der Waals surface area (Å²) in [5, 5.41) is 10.1. The second kappa shape index (κ2) is 5.86. The fourth-order valence-corrected chi connectivity index (χ4v) is 3.47. The lowest BCUT2D eigenvalue weighted by atomic mass is 10.1. The Labute approximate surface area is 114 Å². The molecule has 96 valence electrons. The first-order chi connectivity index (χ1) is 8.92. The van der Waals surface area contributed by atoms with Gasteiger partial charge in [-0.1, -0.05) is 17.8 Å². The van der Waals surface area contributed by atoms with Gasteiger partial charge in [-0.05, 0) is 30.7 Å². The number of aromatic nitrogens is 3. The number of aromatic amines is 1. The highest BCUT2D eigenvalue weighted by molar-refractivity contribution is 7.99. The molecule has 2 aromatic heterocycles. The van der Waals surface area contributed by atoms with Crippen LogP contribution in [0.2, 0.25) is 0 Å². The van der Waals surface area contributed by atoms with Gasteiger partial charge in [0.2, 0.25) is 5.16 Å². The first-order valence-corrected chi connectivity index (χ1v) is 7.99. The highest BCUT2D eigenvalue weighted by Gasteiger charge is 2.15. The zero-order chi connectivity index (χ0) is 12.2. The normalized spacial score (nSPS) is 20.1. The Morgan fingerprint density at radius 1 is 1.50 bits per heavy atom. The van der Waals surface area contributed by atoms with Gasteiger partial charge >= 0.3 is 0 Å². The van der Waals surface area contributed by atoms with Crippen LogP contribution in [0.1, 0.15) is 19.3 Å². The summed E-state index contributed by atoms with van der Waals surface area (Å²) in [6, 6.07) is 4.06. The quantitative estimate of drug-likeness (QED) is 0.874. The van der Waals surface area contributed by atoms with Crippen LogP contribution in [0.25, 0.3) is 10.7 Å². The molecule has 0 spiro atoms. The monoisotopic (exact) mass is 281 g/mol. The van der Waals surface area contributed by atoms with Crippen molar-refractivity contribution >= 4 is 23.1 Å². The average Bonchev–Trinajstić information content (AvgIpc) is 3.08. The Balaban J connectivity index is 1.57. The first-order valence-electron chi connectivity index (χ1n) is 6.12. The van der Waals surface area contributed by atoms with E-state index in [9.17, 15) is 0 Å². The molecule has 1 atom stereocenters. The second-order valence-electron chi connectivity index (χ2n) is 4.24. The van der Waals surface area contributed by atoms with Gasteiger partial charge in [0.15, 0.2) is 5.82 Å². The topological polar surface area (TPSA) is 50.8 Å². The Morgan fingerprint density at radius 3 is 3.28 bits per heavy atom. The summed E-state index contributed by atoms with van der Waals surface area (Å²) in [5.41, 5.74) is 0. The van der Waals surface area contributed by atoms with Crippen LogP contribution in [0.4, 0.5) is 0 Å². The van der Waals surface area contributed by atoms with Gasteiger partial charge in [0.05, 0.1) is 11.0 Å². The molecule has 3 heterocycles. The molecule has 0 amide bonds. The number of nitrogens with one attached hydrogen (secondary N) is 1. The fourth-order valence-electron chi connectivity index (χ4n) is 1.94. The summed E-state index contributed by atoms with van der Waals surface area (Å²) < 4.78 is 5.69. The van der Waals surface area contributed by atoms with Gasteiger partial charge < -0.3 is 4.74 Å². The van der Waals surface area contributed by atoms with Crippen LogP contribution in [0, 0.1) is 0 Å². The van der Waals surface area contributed by atoms with E-state index in [4.69, 9.17) is 4.74 Å². The van der Waals surface area contributed by atoms with Gasteiger partial charge in [0.25, 0.3) is 0 Å². The Kier molecular flexibility index (Phi) is 3.97. The number of hydrogen-bond donors (Lipinski definition) is 1. The molecule has 1 N–H and O–H groups in total. The molecular weight excluding hydrogens is 266 g/mol. The lowest BCUT2D eigenvalue weighted by Gasteiger charge is -2.21. The van der Waals surface area contributed by atoms with Crippen LogP contribution in [-0.4, -0.2) is 33.6 Å². The molecule has 3 rings (SSSR count). The van der Waals surface area contributed by atoms with E-state index in [1.807, 2.05) is 17.5 Å². The van der Waals surface area contributed by atoms with Crippen molar-refractivity contribution in [2.24, 2.45) is 0 Å². The molecule has 0 saturated carbocycles. The van der Waals surface area contributed by atoms with Gasteiger partial charge in [-0.25, -0.2) is 4.98 Å². The first kappa shape index (κ1) is 12.2. The summed E-state index contributed by atoms with van der Waals surface area (Å²) in [6.45, 7) is 0.902. The van der Waals surface area contributed by atoms with Crippen molar-refractivity contribution in [3.05, 3.63) is 17.5 Å². The molecule has 1 saturated heterocycles. The van der Waals surface area contributed by atoms with E-state index in [-0.39, 0.29) is 0 Å². The van der Waals surface area contributed by atoms with Crippen molar-refractivity contribution in [3.63, 3.8) is 0 Å². The van der Waals surface area contributed by atoms with Crippen molar-refractivity contribution in [2.45, 2.75) is 30.5 Å². The maximum Gasteiger partial charge on any atom is 0.208 e. The van der Waals surface area contributed by atoms with Crippen molar-refractivity contribution < 1.29 is 4.74 Å². The van der Waals surface area contributed by atoms with Crippen LogP contribution < -0.4 is 0 Å². The lowest BCUT2D eigenvalue weighted by Crippen LogP contribution is -2.21. The van der Waals surface area contributed by atoms with E-state index in [0.29, 0.717) is 6.10 Å². The van der Waals surface area contributed by atoms with Crippen LogP contribution >= 0.6 is 23.1 Å². The number of H-pyrrole nitrogens is 1. The molecule has 2 aromatic rings. The SMILES string of the molecule is c1csc(-c2nc(SC[C@H]3CCCCO3)n[nH]2)c1. The molecule has 1 aliphatic rings. The minimum atomic E-state index is 0.368. The smallest absolute Gasteiger partial charge is 0.208 e. The Bertz CT molecular complexity index is 477. The molecule has 1 aliphatic heterocycles. The number of hydrogen-bond acceptors (Lipinski definition) is 5. The second-order valence-corrected chi connectivity index (χ2v) is 6.18. The van der Waals surface area contributed by atoms with Crippen LogP contribution in [0.3, 0.4) is 0 Å². The van der Waals surface area contributed by atoms with Gasteiger partial charge in [-0.15, -0.1) is 16.4 Å². The zero-order valence-corrected chi connectivity index (χ0v) is 11.6. The summed E-state index contributed by atoms with van der Waals surface area (Å²) in [5.74, 6) is 1.80. The van der Waals surface area contributed by atoms with E-state index in [0.717, 1.165) is 34.6 Å². The molecule has 0 radical (unpaired) electrons. The number of ether oxygens (including phenoxy) is 1. The summed E-state index contributed by atoms with van der Waals surface area (Å²) in [4.78, 5) is 5.62.